The number of hydrogen-bond acceptors (Lipinski definition) is 2. The van der Waals surface area contributed by atoms with Crippen molar-refractivity contribution in [2.24, 2.45) is 11.3 Å². The molecule has 0 spiro atoms. The lowest BCUT2D eigenvalue weighted by Crippen LogP contribution is -2.36. The van der Waals surface area contributed by atoms with E-state index in [4.69, 9.17) is 10.2 Å². The second-order valence-electron chi connectivity index (χ2n) is 3.93. The van der Waals surface area contributed by atoms with Crippen LogP contribution in [-0.4, -0.2) is 29.5 Å². The number of rotatable bonds is 3. The fourth-order valence-electron chi connectivity index (χ4n) is 0.855. The Morgan fingerprint density at radius 3 is 2.25 bits per heavy atom. The van der Waals surface area contributed by atoms with Gasteiger partial charge in [0.05, 0.1) is 0 Å². The van der Waals surface area contributed by atoms with E-state index < -0.39 is 6.09 Å². The number of carbonyl (C=O) groups is 1. The first-order valence-electron chi connectivity index (χ1n) is 3.95. The van der Waals surface area contributed by atoms with Gasteiger partial charge in [-0.15, -0.1) is 0 Å². The predicted octanol–water partition coefficient (Wildman–Crippen LogP) is 0.909. The largest absolute Gasteiger partial charge is 0.465 e. The van der Waals surface area contributed by atoms with Crippen molar-refractivity contribution in [1.82, 2.24) is 5.32 Å². The molecule has 0 aromatic heterocycles. The number of nitrogens with one attached hydrogen (secondary N) is 1. The molecule has 1 unspecified atom stereocenters. The number of hydrogen-bond donors (Lipinski definition) is 3. The Hall–Kier alpha value is -0.770. The summed E-state index contributed by atoms with van der Waals surface area (Å²) in [5.41, 5.74) is -0.0722. The van der Waals surface area contributed by atoms with Crippen LogP contribution in [0.5, 0.6) is 0 Å². The Bertz CT molecular complexity index is 151. The first-order valence-corrected chi connectivity index (χ1v) is 3.95. The van der Waals surface area contributed by atoms with Crippen LogP contribution in [0.4, 0.5) is 4.79 Å². The Kier molecular flexibility index (Phi) is 4.03. The topological polar surface area (TPSA) is 69.6 Å². The van der Waals surface area contributed by atoms with Gasteiger partial charge >= 0.3 is 6.09 Å². The molecule has 0 radical (unpaired) electrons. The van der Waals surface area contributed by atoms with Crippen molar-refractivity contribution < 1.29 is 15.0 Å². The SMILES string of the molecule is CC(C)(C)C(CO)CNC(=O)O. The molecule has 4 heteroatoms. The van der Waals surface area contributed by atoms with E-state index in [-0.39, 0.29) is 17.9 Å². The highest BCUT2D eigenvalue weighted by molar-refractivity contribution is 5.64. The molecule has 0 aliphatic heterocycles. The van der Waals surface area contributed by atoms with E-state index in [0.29, 0.717) is 6.54 Å². The third-order valence-corrected chi connectivity index (χ3v) is 1.94. The third-order valence-electron chi connectivity index (χ3n) is 1.94. The standard InChI is InChI=1S/C8H17NO3/c1-8(2,3)6(5-10)4-9-7(11)12/h6,9-10H,4-5H2,1-3H3,(H,11,12). The molecule has 12 heavy (non-hydrogen) atoms. The minimum atomic E-state index is -1.04. The number of carboxylic acid groups (broad SMARTS) is 1. The number of amides is 1. The fraction of sp³-hybridized carbons (Fsp3) is 0.875. The van der Waals surface area contributed by atoms with Crippen LogP contribution in [0, 0.1) is 11.3 Å². The fourth-order valence-corrected chi connectivity index (χ4v) is 0.855. The molecule has 3 N–H and O–H groups in total. The van der Waals surface area contributed by atoms with Gasteiger partial charge in [0, 0.05) is 19.1 Å². The summed E-state index contributed by atoms with van der Waals surface area (Å²) in [5, 5.41) is 19.5. The van der Waals surface area contributed by atoms with Crippen molar-refractivity contribution in [2.75, 3.05) is 13.2 Å². The maximum atomic E-state index is 10.2. The van der Waals surface area contributed by atoms with E-state index >= 15 is 0 Å². The van der Waals surface area contributed by atoms with E-state index in [0.717, 1.165) is 0 Å². The zero-order valence-corrected chi connectivity index (χ0v) is 7.79. The zero-order chi connectivity index (χ0) is 9.78. The molecule has 0 aliphatic rings. The van der Waals surface area contributed by atoms with Crippen LogP contribution in [0.25, 0.3) is 0 Å². The summed E-state index contributed by atoms with van der Waals surface area (Å²) in [5.74, 6) is -0.0337. The molecule has 1 amide bonds. The average Bonchev–Trinajstić information content (AvgIpc) is 1.85. The lowest BCUT2D eigenvalue weighted by Gasteiger charge is -2.28. The maximum Gasteiger partial charge on any atom is 0.404 e. The van der Waals surface area contributed by atoms with Crippen molar-refractivity contribution >= 4 is 6.09 Å². The first-order chi connectivity index (χ1) is 5.38. The Labute approximate surface area is 72.6 Å². The highest BCUT2D eigenvalue weighted by Gasteiger charge is 2.23. The van der Waals surface area contributed by atoms with Gasteiger partial charge in [0.25, 0.3) is 0 Å². The van der Waals surface area contributed by atoms with E-state index in [2.05, 4.69) is 5.32 Å². The summed E-state index contributed by atoms with van der Waals surface area (Å²) >= 11 is 0. The van der Waals surface area contributed by atoms with Crippen molar-refractivity contribution in [3.63, 3.8) is 0 Å². The molecular formula is C8H17NO3. The van der Waals surface area contributed by atoms with Crippen LogP contribution in [0.3, 0.4) is 0 Å². The van der Waals surface area contributed by atoms with Gasteiger partial charge in [0.2, 0.25) is 0 Å². The molecular weight excluding hydrogens is 158 g/mol. The quantitative estimate of drug-likeness (QED) is 0.597. The minimum Gasteiger partial charge on any atom is -0.465 e. The van der Waals surface area contributed by atoms with Crippen LogP contribution in [0.2, 0.25) is 0 Å². The summed E-state index contributed by atoms with van der Waals surface area (Å²) in [6.45, 7) is 6.21. The molecule has 0 saturated heterocycles. The van der Waals surface area contributed by atoms with Crippen LogP contribution in [-0.2, 0) is 0 Å². The van der Waals surface area contributed by atoms with E-state index in [1.54, 1.807) is 0 Å². The van der Waals surface area contributed by atoms with Gasteiger partial charge in [0.1, 0.15) is 0 Å². The van der Waals surface area contributed by atoms with Crippen LogP contribution in [0.1, 0.15) is 20.8 Å². The van der Waals surface area contributed by atoms with Crippen LogP contribution >= 0.6 is 0 Å². The van der Waals surface area contributed by atoms with Gasteiger partial charge < -0.3 is 15.5 Å². The lowest BCUT2D eigenvalue weighted by molar-refractivity contribution is 0.126. The highest BCUT2D eigenvalue weighted by atomic mass is 16.4. The Balaban J connectivity index is 3.92. The normalized spacial score (nSPS) is 14.0. The smallest absolute Gasteiger partial charge is 0.404 e. The maximum absolute atomic E-state index is 10.2. The van der Waals surface area contributed by atoms with E-state index in [1.807, 2.05) is 20.8 Å². The minimum absolute atomic E-state index is 0.00375. The summed E-state index contributed by atoms with van der Waals surface area (Å²) in [4.78, 5) is 10.2. The van der Waals surface area contributed by atoms with Crippen molar-refractivity contribution in [3.8, 4) is 0 Å². The molecule has 0 aromatic rings. The van der Waals surface area contributed by atoms with Gasteiger partial charge in [-0.05, 0) is 5.41 Å². The van der Waals surface area contributed by atoms with Gasteiger partial charge in [-0.25, -0.2) is 4.79 Å². The van der Waals surface area contributed by atoms with Crippen LogP contribution < -0.4 is 5.32 Å². The van der Waals surface area contributed by atoms with Crippen molar-refractivity contribution in [1.29, 1.82) is 0 Å². The molecule has 1 atom stereocenters. The second-order valence-corrected chi connectivity index (χ2v) is 3.93. The lowest BCUT2D eigenvalue weighted by atomic mass is 9.81. The Morgan fingerprint density at radius 1 is 1.50 bits per heavy atom. The summed E-state index contributed by atoms with van der Waals surface area (Å²) < 4.78 is 0. The average molecular weight is 175 g/mol. The first kappa shape index (κ1) is 11.2. The molecule has 0 aliphatic carbocycles. The molecule has 0 rings (SSSR count). The summed E-state index contributed by atoms with van der Waals surface area (Å²) in [6, 6.07) is 0. The second kappa shape index (κ2) is 4.30. The summed E-state index contributed by atoms with van der Waals surface area (Å²) in [6.07, 6.45) is -1.04. The molecule has 72 valence electrons. The van der Waals surface area contributed by atoms with Crippen LogP contribution in [0.15, 0.2) is 0 Å². The van der Waals surface area contributed by atoms with Gasteiger partial charge in [0.15, 0.2) is 0 Å². The molecule has 4 nitrogen and oxygen atoms in total. The van der Waals surface area contributed by atoms with Gasteiger partial charge in [-0.3, -0.25) is 0 Å². The van der Waals surface area contributed by atoms with Crippen molar-refractivity contribution in [2.45, 2.75) is 20.8 Å². The van der Waals surface area contributed by atoms with Crippen molar-refractivity contribution in [3.05, 3.63) is 0 Å². The molecule has 0 bridgehead atoms. The summed E-state index contributed by atoms with van der Waals surface area (Å²) in [7, 11) is 0. The molecule has 0 saturated carbocycles. The number of aliphatic hydroxyl groups is 1. The van der Waals surface area contributed by atoms with E-state index in [9.17, 15) is 4.79 Å². The molecule has 0 aromatic carbocycles. The highest BCUT2D eigenvalue weighted by Crippen LogP contribution is 2.24. The third kappa shape index (κ3) is 4.18. The van der Waals surface area contributed by atoms with E-state index in [1.165, 1.54) is 0 Å². The predicted molar refractivity (Wildman–Crippen MR) is 46.1 cm³/mol. The molecule has 0 heterocycles. The Morgan fingerprint density at radius 2 is 2.00 bits per heavy atom. The monoisotopic (exact) mass is 175 g/mol. The number of aliphatic hydroxyl groups excluding tert-OH is 1. The van der Waals surface area contributed by atoms with Gasteiger partial charge in [-0.2, -0.15) is 0 Å². The van der Waals surface area contributed by atoms with Gasteiger partial charge in [-0.1, -0.05) is 20.8 Å². The molecule has 0 fully saturated rings. The zero-order valence-electron chi connectivity index (χ0n) is 7.79.